The molecule has 1 atom stereocenters. The number of likely N-dealkylation sites (N-methyl/N-ethyl adjacent to an activating group) is 1. The molecule has 4 rings (SSSR count). The van der Waals surface area contributed by atoms with Gasteiger partial charge in [0.05, 0.1) is 5.56 Å². The van der Waals surface area contributed by atoms with Crippen LogP contribution in [-0.4, -0.2) is 76.8 Å². The number of likely N-dealkylation sites (tertiary alicyclic amines) is 1. The molecule has 1 aromatic heterocycles. The Morgan fingerprint density at radius 3 is 2.85 bits per heavy atom. The summed E-state index contributed by atoms with van der Waals surface area (Å²) in [5, 5.41) is 0. The maximum Gasteiger partial charge on any atom is 0.255 e. The van der Waals surface area contributed by atoms with Crippen LogP contribution in [0.3, 0.4) is 0 Å². The van der Waals surface area contributed by atoms with Crippen molar-refractivity contribution in [2.45, 2.75) is 37.6 Å². The Kier molecular flexibility index (Phi) is 4.69. The van der Waals surface area contributed by atoms with Crippen molar-refractivity contribution in [1.29, 1.82) is 0 Å². The number of aromatic nitrogens is 1. The molecule has 0 unspecified atom stereocenters. The van der Waals surface area contributed by atoms with E-state index in [1.54, 1.807) is 18.5 Å². The molecule has 2 saturated heterocycles. The van der Waals surface area contributed by atoms with Crippen LogP contribution in [0.2, 0.25) is 0 Å². The third-order valence-electron chi connectivity index (χ3n) is 6.38. The zero-order valence-electron chi connectivity index (χ0n) is 15.6. The minimum Gasteiger partial charge on any atom is -0.342 e. The van der Waals surface area contributed by atoms with Gasteiger partial charge in [-0.25, -0.2) is 0 Å². The van der Waals surface area contributed by atoms with Crippen LogP contribution in [0, 0.1) is 5.92 Å². The second-order valence-corrected chi connectivity index (χ2v) is 8.15. The summed E-state index contributed by atoms with van der Waals surface area (Å²) in [7, 11) is 2.15. The van der Waals surface area contributed by atoms with Gasteiger partial charge in [-0.1, -0.05) is 0 Å². The lowest BCUT2D eigenvalue weighted by molar-refractivity contribution is -0.130. The monoisotopic (exact) mass is 356 g/mol. The summed E-state index contributed by atoms with van der Waals surface area (Å²) in [4.78, 5) is 35.9. The lowest BCUT2D eigenvalue weighted by Gasteiger charge is -2.49. The fourth-order valence-corrected chi connectivity index (χ4v) is 4.34. The van der Waals surface area contributed by atoms with Crippen molar-refractivity contribution < 1.29 is 9.59 Å². The predicted molar refractivity (Wildman–Crippen MR) is 98.7 cm³/mol. The Morgan fingerprint density at radius 1 is 1.27 bits per heavy atom. The van der Waals surface area contributed by atoms with Gasteiger partial charge in [-0.05, 0) is 50.8 Å². The normalized spacial score (nSPS) is 27.7. The highest BCUT2D eigenvalue weighted by molar-refractivity contribution is 5.94. The highest BCUT2D eigenvalue weighted by atomic mass is 16.2. The van der Waals surface area contributed by atoms with E-state index < -0.39 is 0 Å². The summed E-state index contributed by atoms with van der Waals surface area (Å²) in [5.74, 6) is 1.06. The maximum absolute atomic E-state index is 12.9. The minimum absolute atomic E-state index is 0.0518. The van der Waals surface area contributed by atoms with Gasteiger partial charge in [0, 0.05) is 57.1 Å². The molecule has 2 aliphatic heterocycles. The lowest BCUT2D eigenvalue weighted by atomic mass is 9.86. The first-order valence-electron chi connectivity index (χ1n) is 9.76. The number of hydrogen-bond donors (Lipinski definition) is 0. The average molecular weight is 356 g/mol. The van der Waals surface area contributed by atoms with E-state index in [1.807, 2.05) is 11.0 Å². The number of rotatable bonds is 3. The summed E-state index contributed by atoms with van der Waals surface area (Å²) in [6, 6.07) is 3.63. The van der Waals surface area contributed by atoms with Crippen LogP contribution >= 0.6 is 0 Å². The van der Waals surface area contributed by atoms with Crippen molar-refractivity contribution in [2.75, 3.05) is 39.8 Å². The summed E-state index contributed by atoms with van der Waals surface area (Å²) in [6.45, 7) is 4.02. The second kappa shape index (κ2) is 6.99. The van der Waals surface area contributed by atoms with Gasteiger partial charge in [-0.2, -0.15) is 0 Å². The van der Waals surface area contributed by atoms with E-state index in [0.717, 1.165) is 44.9 Å². The van der Waals surface area contributed by atoms with Crippen molar-refractivity contribution in [3.8, 4) is 0 Å². The Bertz CT molecular complexity index is 676. The Balaban J connectivity index is 1.48. The third kappa shape index (κ3) is 3.47. The fourth-order valence-electron chi connectivity index (χ4n) is 4.34. The zero-order chi connectivity index (χ0) is 18.1. The van der Waals surface area contributed by atoms with Gasteiger partial charge in [0.1, 0.15) is 0 Å². The smallest absolute Gasteiger partial charge is 0.255 e. The number of hydrogen-bond acceptors (Lipinski definition) is 4. The number of piperazine rings is 1. The van der Waals surface area contributed by atoms with E-state index in [4.69, 9.17) is 0 Å². The van der Waals surface area contributed by atoms with Crippen molar-refractivity contribution in [2.24, 2.45) is 5.92 Å². The van der Waals surface area contributed by atoms with Gasteiger partial charge < -0.3 is 9.80 Å². The second-order valence-electron chi connectivity index (χ2n) is 8.15. The standard InChI is InChI=1S/C20H28N4O2/c1-22-11-12-24(19(26)17-3-2-9-21-13-17)15-20(22)7-6-18(25)23(10-8-20)14-16-4-5-16/h2-3,9,13,16H,4-8,10-12,14-15H2,1H3/t20-/m1/s1. The van der Waals surface area contributed by atoms with Crippen molar-refractivity contribution in [3.63, 3.8) is 0 Å². The molecule has 0 radical (unpaired) electrons. The first kappa shape index (κ1) is 17.5. The van der Waals surface area contributed by atoms with Crippen molar-refractivity contribution in [1.82, 2.24) is 19.7 Å². The summed E-state index contributed by atoms with van der Waals surface area (Å²) in [5.41, 5.74) is 0.552. The van der Waals surface area contributed by atoms with Crippen LogP contribution in [0.1, 0.15) is 42.5 Å². The third-order valence-corrected chi connectivity index (χ3v) is 6.38. The van der Waals surface area contributed by atoms with E-state index in [-0.39, 0.29) is 17.4 Å². The molecule has 3 aliphatic rings. The van der Waals surface area contributed by atoms with Gasteiger partial charge in [-0.15, -0.1) is 0 Å². The molecule has 26 heavy (non-hydrogen) atoms. The Hall–Kier alpha value is -1.95. The van der Waals surface area contributed by atoms with Gasteiger partial charge >= 0.3 is 0 Å². The largest absolute Gasteiger partial charge is 0.342 e. The summed E-state index contributed by atoms with van der Waals surface area (Å²) in [6.07, 6.45) is 8.23. The van der Waals surface area contributed by atoms with Crippen molar-refractivity contribution >= 4 is 11.8 Å². The van der Waals surface area contributed by atoms with Crippen molar-refractivity contribution in [3.05, 3.63) is 30.1 Å². The maximum atomic E-state index is 12.9. The molecule has 6 heteroatoms. The first-order chi connectivity index (χ1) is 12.6. The van der Waals surface area contributed by atoms with Gasteiger partial charge in [0.25, 0.3) is 5.91 Å². The number of carbonyl (C=O) groups is 2. The number of pyridine rings is 1. The molecular weight excluding hydrogens is 328 g/mol. The molecular formula is C20H28N4O2. The van der Waals surface area contributed by atoms with Crippen LogP contribution in [0.25, 0.3) is 0 Å². The van der Waals surface area contributed by atoms with E-state index in [9.17, 15) is 9.59 Å². The van der Waals surface area contributed by atoms with Gasteiger partial charge in [-0.3, -0.25) is 19.5 Å². The van der Waals surface area contributed by atoms with Crippen LogP contribution in [-0.2, 0) is 4.79 Å². The molecule has 1 spiro atoms. The summed E-state index contributed by atoms with van der Waals surface area (Å²) >= 11 is 0. The Labute approximate surface area is 155 Å². The molecule has 0 bridgehead atoms. The quantitative estimate of drug-likeness (QED) is 0.826. The van der Waals surface area contributed by atoms with Crippen LogP contribution in [0.4, 0.5) is 0 Å². The first-order valence-corrected chi connectivity index (χ1v) is 9.76. The van der Waals surface area contributed by atoms with E-state index in [0.29, 0.717) is 18.5 Å². The molecule has 140 valence electrons. The molecule has 1 aliphatic carbocycles. The molecule has 3 fully saturated rings. The van der Waals surface area contributed by atoms with E-state index in [2.05, 4.69) is 21.8 Å². The topological polar surface area (TPSA) is 56.8 Å². The highest BCUT2D eigenvalue weighted by Gasteiger charge is 2.44. The van der Waals surface area contributed by atoms with E-state index >= 15 is 0 Å². The van der Waals surface area contributed by atoms with Crippen LogP contribution in [0.15, 0.2) is 24.5 Å². The fraction of sp³-hybridized carbons (Fsp3) is 0.650. The van der Waals surface area contributed by atoms with Crippen LogP contribution < -0.4 is 0 Å². The molecule has 6 nitrogen and oxygen atoms in total. The average Bonchev–Trinajstić information content (AvgIpc) is 3.50. The summed E-state index contributed by atoms with van der Waals surface area (Å²) < 4.78 is 0. The SMILES string of the molecule is CN1CCN(C(=O)c2cccnc2)C[C@]12CCC(=O)N(CC1CC1)CC2. The number of nitrogens with zero attached hydrogens (tertiary/aromatic N) is 4. The molecule has 3 heterocycles. The zero-order valence-corrected chi connectivity index (χ0v) is 15.6. The predicted octanol–water partition coefficient (Wildman–Crippen LogP) is 1.63. The van der Waals surface area contributed by atoms with E-state index in [1.165, 1.54) is 12.8 Å². The molecule has 2 amide bonds. The number of carbonyl (C=O) groups excluding carboxylic acids is 2. The molecule has 1 saturated carbocycles. The van der Waals surface area contributed by atoms with Gasteiger partial charge in [0.2, 0.25) is 5.91 Å². The van der Waals surface area contributed by atoms with Crippen LogP contribution in [0.5, 0.6) is 0 Å². The van der Waals surface area contributed by atoms with Gasteiger partial charge in [0.15, 0.2) is 0 Å². The molecule has 0 aromatic carbocycles. The Morgan fingerprint density at radius 2 is 2.12 bits per heavy atom. The highest BCUT2D eigenvalue weighted by Crippen LogP contribution is 2.35. The molecule has 0 N–H and O–H groups in total. The minimum atomic E-state index is -0.0932. The molecule has 1 aromatic rings. The lowest BCUT2D eigenvalue weighted by Crippen LogP contribution is -2.62. The number of amides is 2.